The summed E-state index contributed by atoms with van der Waals surface area (Å²) in [6.45, 7) is 3.75. The molecule has 0 saturated heterocycles. The molecule has 0 aliphatic carbocycles. The molecule has 0 radical (unpaired) electrons. The van der Waals surface area contributed by atoms with Crippen molar-refractivity contribution in [3.05, 3.63) is 70.2 Å². The van der Waals surface area contributed by atoms with Gasteiger partial charge in [0.15, 0.2) is 11.5 Å². The van der Waals surface area contributed by atoms with Crippen LogP contribution in [0, 0.1) is 11.7 Å². The first-order valence-corrected chi connectivity index (χ1v) is 9.51. The number of aliphatic hydroxyl groups is 1. The molecule has 1 unspecified atom stereocenters. The standard InChI is InChI=1S/C22H21ClFNO4/c1-12(2)10-17(26)19-20(14-6-4-5-7-18(14)29-3)25(22(28)21(19)27)13-8-9-16(24)15(23)11-13/h4-9,11-12,20,27H,10H2,1-3H3. The van der Waals surface area contributed by atoms with Crippen LogP contribution in [-0.2, 0) is 9.59 Å². The summed E-state index contributed by atoms with van der Waals surface area (Å²) in [4.78, 5) is 27.2. The molecule has 5 nitrogen and oxygen atoms in total. The molecule has 0 spiro atoms. The Morgan fingerprint density at radius 3 is 2.59 bits per heavy atom. The number of ether oxygens (including phenoxy) is 1. The normalized spacial score (nSPS) is 16.7. The van der Waals surface area contributed by atoms with Crippen LogP contribution in [-0.4, -0.2) is 23.9 Å². The van der Waals surface area contributed by atoms with Gasteiger partial charge in [-0.25, -0.2) is 4.39 Å². The largest absolute Gasteiger partial charge is 0.503 e. The summed E-state index contributed by atoms with van der Waals surface area (Å²) >= 11 is 5.92. The van der Waals surface area contributed by atoms with Crippen molar-refractivity contribution in [2.45, 2.75) is 26.3 Å². The van der Waals surface area contributed by atoms with Crippen molar-refractivity contribution in [2.75, 3.05) is 12.0 Å². The lowest BCUT2D eigenvalue weighted by atomic mass is 9.91. The molecule has 1 aliphatic rings. The number of methoxy groups -OCH3 is 1. The zero-order chi connectivity index (χ0) is 21.3. The van der Waals surface area contributed by atoms with Gasteiger partial charge in [0.1, 0.15) is 11.6 Å². The Labute approximate surface area is 173 Å². The molecule has 2 aromatic carbocycles. The number of carbonyl (C=O) groups excluding carboxylic acids is 2. The molecule has 0 fully saturated rings. The van der Waals surface area contributed by atoms with E-state index in [4.69, 9.17) is 16.3 Å². The first-order chi connectivity index (χ1) is 13.8. The second-order valence-electron chi connectivity index (χ2n) is 7.20. The van der Waals surface area contributed by atoms with Gasteiger partial charge in [0.25, 0.3) is 5.91 Å². The number of amides is 1. The van der Waals surface area contributed by atoms with E-state index >= 15 is 0 Å². The van der Waals surface area contributed by atoms with E-state index in [0.717, 1.165) is 6.07 Å². The molecule has 29 heavy (non-hydrogen) atoms. The summed E-state index contributed by atoms with van der Waals surface area (Å²) in [6, 6.07) is 9.81. The summed E-state index contributed by atoms with van der Waals surface area (Å²) < 4.78 is 19.1. The number of rotatable bonds is 6. The summed E-state index contributed by atoms with van der Waals surface area (Å²) in [5.74, 6) is -1.86. The maximum atomic E-state index is 13.7. The topological polar surface area (TPSA) is 66.8 Å². The maximum absolute atomic E-state index is 13.7. The van der Waals surface area contributed by atoms with Crippen molar-refractivity contribution in [2.24, 2.45) is 5.92 Å². The summed E-state index contributed by atoms with van der Waals surface area (Å²) in [5, 5.41) is 10.4. The van der Waals surface area contributed by atoms with Gasteiger partial charge >= 0.3 is 0 Å². The van der Waals surface area contributed by atoms with E-state index in [1.54, 1.807) is 24.3 Å². The molecule has 152 valence electrons. The highest BCUT2D eigenvalue weighted by Gasteiger charge is 2.45. The molecule has 2 aromatic rings. The van der Waals surface area contributed by atoms with Crippen molar-refractivity contribution in [1.82, 2.24) is 0 Å². The third-order valence-electron chi connectivity index (χ3n) is 4.72. The van der Waals surface area contributed by atoms with Gasteiger partial charge in [-0.2, -0.15) is 0 Å². The number of carbonyl (C=O) groups is 2. The average molecular weight is 418 g/mol. The zero-order valence-corrected chi connectivity index (χ0v) is 17.0. The van der Waals surface area contributed by atoms with Gasteiger partial charge in [-0.3, -0.25) is 14.5 Å². The molecule has 1 aliphatic heterocycles. The predicted molar refractivity (Wildman–Crippen MR) is 109 cm³/mol. The van der Waals surface area contributed by atoms with Crippen LogP contribution in [0.2, 0.25) is 5.02 Å². The molecule has 1 amide bonds. The molecule has 1 atom stereocenters. The van der Waals surface area contributed by atoms with Gasteiger partial charge in [0.2, 0.25) is 0 Å². The highest BCUT2D eigenvalue weighted by molar-refractivity contribution is 6.31. The Morgan fingerprint density at radius 1 is 1.28 bits per heavy atom. The number of hydrogen-bond acceptors (Lipinski definition) is 4. The summed E-state index contributed by atoms with van der Waals surface area (Å²) in [5.41, 5.74) is 0.782. The van der Waals surface area contributed by atoms with E-state index in [1.165, 1.54) is 24.1 Å². The van der Waals surface area contributed by atoms with Crippen molar-refractivity contribution in [3.8, 4) is 5.75 Å². The Morgan fingerprint density at radius 2 is 1.97 bits per heavy atom. The van der Waals surface area contributed by atoms with Crippen molar-refractivity contribution >= 4 is 29.0 Å². The number of halogens is 2. The number of aliphatic hydroxyl groups excluding tert-OH is 1. The fourth-order valence-electron chi connectivity index (χ4n) is 3.46. The van der Waals surface area contributed by atoms with Crippen LogP contribution in [0.5, 0.6) is 5.75 Å². The first kappa shape index (κ1) is 20.9. The number of benzene rings is 2. The number of para-hydroxylation sites is 1. The van der Waals surface area contributed by atoms with E-state index in [9.17, 15) is 19.1 Å². The lowest BCUT2D eigenvalue weighted by Gasteiger charge is -2.28. The minimum Gasteiger partial charge on any atom is -0.503 e. The fraction of sp³-hybridized carbons (Fsp3) is 0.273. The van der Waals surface area contributed by atoms with Gasteiger partial charge in [0.05, 0.1) is 23.7 Å². The van der Waals surface area contributed by atoms with E-state index in [1.807, 2.05) is 13.8 Å². The second-order valence-corrected chi connectivity index (χ2v) is 7.61. The molecule has 0 aromatic heterocycles. The van der Waals surface area contributed by atoms with Crippen LogP contribution in [0.25, 0.3) is 0 Å². The first-order valence-electron chi connectivity index (χ1n) is 9.14. The second kappa shape index (κ2) is 8.25. The molecular formula is C22H21ClFNO4. The molecule has 3 rings (SSSR count). The smallest absolute Gasteiger partial charge is 0.294 e. The number of nitrogens with zero attached hydrogens (tertiary/aromatic N) is 1. The minimum atomic E-state index is -0.925. The number of anilines is 1. The van der Waals surface area contributed by atoms with Crippen LogP contribution >= 0.6 is 11.6 Å². The van der Waals surface area contributed by atoms with Gasteiger partial charge in [-0.05, 0) is 30.2 Å². The minimum absolute atomic E-state index is 0.00588. The Balaban J connectivity index is 2.21. The third kappa shape index (κ3) is 3.85. The summed E-state index contributed by atoms with van der Waals surface area (Å²) in [7, 11) is 1.48. The summed E-state index contributed by atoms with van der Waals surface area (Å²) in [6.07, 6.45) is 0.163. The molecule has 1 N–H and O–H groups in total. The van der Waals surface area contributed by atoms with Crippen molar-refractivity contribution in [1.29, 1.82) is 0 Å². The quantitative estimate of drug-likeness (QED) is 0.718. The molecular weight excluding hydrogens is 397 g/mol. The van der Waals surface area contributed by atoms with Crippen LogP contribution < -0.4 is 9.64 Å². The highest BCUT2D eigenvalue weighted by atomic mass is 35.5. The van der Waals surface area contributed by atoms with E-state index < -0.39 is 23.5 Å². The van der Waals surface area contributed by atoms with Gasteiger partial charge in [0, 0.05) is 17.7 Å². The van der Waals surface area contributed by atoms with Gasteiger partial charge in [-0.1, -0.05) is 43.6 Å². The average Bonchev–Trinajstić information content (AvgIpc) is 2.94. The lowest BCUT2D eigenvalue weighted by Crippen LogP contribution is -2.31. The monoisotopic (exact) mass is 417 g/mol. The van der Waals surface area contributed by atoms with E-state index in [2.05, 4.69) is 0 Å². The predicted octanol–water partition coefficient (Wildman–Crippen LogP) is 5.00. The van der Waals surface area contributed by atoms with Crippen LogP contribution in [0.15, 0.2) is 53.8 Å². The van der Waals surface area contributed by atoms with Crippen LogP contribution in [0.3, 0.4) is 0 Å². The van der Waals surface area contributed by atoms with Crippen molar-refractivity contribution in [3.63, 3.8) is 0 Å². The lowest BCUT2D eigenvalue weighted by molar-refractivity contribution is -0.118. The van der Waals surface area contributed by atoms with E-state index in [-0.39, 0.29) is 34.4 Å². The number of hydrogen-bond donors (Lipinski definition) is 1. The Kier molecular flexibility index (Phi) is 5.94. The fourth-order valence-corrected chi connectivity index (χ4v) is 3.63. The van der Waals surface area contributed by atoms with Crippen molar-refractivity contribution < 1.29 is 23.8 Å². The molecule has 0 saturated carbocycles. The van der Waals surface area contributed by atoms with Crippen LogP contribution in [0.4, 0.5) is 10.1 Å². The number of ketones is 1. The zero-order valence-electron chi connectivity index (χ0n) is 16.3. The Hall–Kier alpha value is -2.86. The van der Waals surface area contributed by atoms with Crippen LogP contribution in [0.1, 0.15) is 31.9 Å². The SMILES string of the molecule is COc1ccccc1C1C(C(=O)CC(C)C)=C(O)C(=O)N1c1ccc(F)c(Cl)c1. The molecule has 1 heterocycles. The third-order valence-corrected chi connectivity index (χ3v) is 5.01. The molecule has 7 heteroatoms. The number of Topliss-reactive ketones (excluding diaryl/α,β-unsaturated/α-hetero) is 1. The molecule has 0 bridgehead atoms. The van der Waals surface area contributed by atoms with E-state index in [0.29, 0.717) is 11.3 Å². The Bertz CT molecular complexity index is 1000. The maximum Gasteiger partial charge on any atom is 0.294 e. The highest BCUT2D eigenvalue weighted by Crippen LogP contribution is 2.44. The van der Waals surface area contributed by atoms with Gasteiger partial charge < -0.3 is 9.84 Å². The van der Waals surface area contributed by atoms with Gasteiger partial charge in [-0.15, -0.1) is 0 Å².